The highest BCUT2D eigenvalue weighted by Crippen LogP contribution is 2.39. The molecule has 1 N–H and O–H groups in total. The van der Waals surface area contributed by atoms with Crippen molar-refractivity contribution in [1.82, 2.24) is 5.32 Å². The molecule has 0 saturated carbocycles. The molecule has 0 saturated heterocycles. The molecule has 0 fully saturated rings. The van der Waals surface area contributed by atoms with Crippen LogP contribution in [0.25, 0.3) is 0 Å². The van der Waals surface area contributed by atoms with Gasteiger partial charge in [-0.3, -0.25) is 0 Å². The van der Waals surface area contributed by atoms with Crippen molar-refractivity contribution in [2.75, 3.05) is 6.54 Å². The molecule has 1 nitrogen and oxygen atoms in total. The van der Waals surface area contributed by atoms with Gasteiger partial charge in [0.15, 0.2) is 0 Å². The van der Waals surface area contributed by atoms with Gasteiger partial charge in [0.2, 0.25) is 0 Å². The van der Waals surface area contributed by atoms with Crippen LogP contribution in [-0.2, 0) is 0 Å². The summed E-state index contributed by atoms with van der Waals surface area (Å²) in [6.07, 6.45) is 0. The molecule has 1 aromatic carbocycles. The Morgan fingerprint density at radius 1 is 1.42 bits per heavy atom. The van der Waals surface area contributed by atoms with E-state index in [-0.39, 0.29) is 11.1 Å². The number of halogens is 4. The van der Waals surface area contributed by atoms with Gasteiger partial charge < -0.3 is 5.32 Å². The zero-order valence-corrected chi connectivity index (χ0v) is 13.9. The largest absolute Gasteiger partial charge is 0.306 e. The van der Waals surface area contributed by atoms with E-state index in [9.17, 15) is 4.39 Å². The zero-order chi connectivity index (χ0) is 14.0. The minimum atomic E-state index is -0.413. The number of thiophene rings is 1. The smallest absolute Gasteiger partial charge is 0.142 e. The van der Waals surface area contributed by atoms with Crippen molar-refractivity contribution in [3.63, 3.8) is 0 Å². The normalized spacial score (nSPS) is 12.7. The molecular formula is C13H11BrCl2FNS. The van der Waals surface area contributed by atoms with Gasteiger partial charge in [-0.05, 0) is 40.2 Å². The first kappa shape index (κ1) is 15.3. The average molecular weight is 383 g/mol. The summed E-state index contributed by atoms with van der Waals surface area (Å²) in [7, 11) is 0. The third-order valence-corrected chi connectivity index (χ3v) is 5.59. The molecule has 0 radical (unpaired) electrons. The van der Waals surface area contributed by atoms with Gasteiger partial charge in [-0.15, -0.1) is 11.3 Å². The van der Waals surface area contributed by atoms with Gasteiger partial charge in [-0.1, -0.05) is 42.3 Å². The van der Waals surface area contributed by atoms with Gasteiger partial charge >= 0.3 is 0 Å². The van der Waals surface area contributed by atoms with Crippen molar-refractivity contribution < 1.29 is 4.39 Å². The van der Waals surface area contributed by atoms with Crippen molar-refractivity contribution in [3.05, 3.63) is 54.4 Å². The summed E-state index contributed by atoms with van der Waals surface area (Å²) in [6, 6.07) is 6.53. The van der Waals surface area contributed by atoms with Crippen LogP contribution < -0.4 is 5.32 Å². The van der Waals surface area contributed by atoms with Crippen LogP contribution in [-0.4, -0.2) is 6.54 Å². The van der Waals surface area contributed by atoms with E-state index in [4.69, 9.17) is 23.2 Å². The Balaban J connectivity index is 2.48. The van der Waals surface area contributed by atoms with Crippen LogP contribution in [0.2, 0.25) is 10.0 Å². The van der Waals surface area contributed by atoms with E-state index in [1.54, 1.807) is 6.07 Å². The SMILES string of the molecule is CCNC(c1cc(Cl)c(Br)s1)c1cccc(F)c1Cl. The molecule has 1 heterocycles. The fourth-order valence-corrected chi connectivity index (χ4v) is 3.89. The molecule has 0 aliphatic heterocycles. The Kier molecular flexibility index (Phi) is 5.26. The van der Waals surface area contributed by atoms with Crippen molar-refractivity contribution >= 4 is 50.5 Å². The summed E-state index contributed by atoms with van der Waals surface area (Å²) in [5.41, 5.74) is 0.717. The van der Waals surface area contributed by atoms with Crippen molar-refractivity contribution in [3.8, 4) is 0 Å². The molecule has 0 spiro atoms. The van der Waals surface area contributed by atoms with E-state index in [1.807, 2.05) is 19.1 Å². The lowest BCUT2D eigenvalue weighted by Gasteiger charge is -2.18. The Morgan fingerprint density at radius 2 is 2.16 bits per heavy atom. The Bertz CT molecular complexity index is 569. The topological polar surface area (TPSA) is 12.0 Å². The molecule has 1 unspecified atom stereocenters. The van der Waals surface area contributed by atoms with Gasteiger partial charge in [-0.25, -0.2) is 4.39 Å². The maximum Gasteiger partial charge on any atom is 0.142 e. The molecule has 1 aromatic heterocycles. The van der Waals surface area contributed by atoms with Crippen LogP contribution in [0.5, 0.6) is 0 Å². The van der Waals surface area contributed by atoms with Crippen LogP contribution in [0.1, 0.15) is 23.4 Å². The number of hydrogen-bond donors (Lipinski definition) is 1. The summed E-state index contributed by atoms with van der Waals surface area (Å²) >= 11 is 17.0. The molecule has 0 aliphatic carbocycles. The molecule has 0 aliphatic rings. The molecule has 6 heteroatoms. The molecule has 0 bridgehead atoms. The van der Waals surface area contributed by atoms with Crippen LogP contribution in [0.15, 0.2) is 28.1 Å². The summed E-state index contributed by atoms with van der Waals surface area (Å²) in [5, 5.41) is 4.10. The second kappa shape index (κ2) is 6.55. The maximum atomic E-state index is 13.6. The molecule has 0 amide bonds. The lowest BCUT2D eigenvalue weighted by Crippen LogP contribution is -2.21. The van der Waals surface area contributed by atoms with Crippen LogP contribution in [0.3, 0.4) is 0 Å². The number of hydrogen-bond acceptors (Lipinski definition) is 2. The molecule has 102 valence electrons. The highest BCUT2D eigenvalue weighted by atomic mass is 79.9. The lowest BCUT2D eigenvalue weighted by molar-refractivity contribution is 0.607. The second-order valence-corrected chi connectivity index (χ2v) is 7.09. The standard InChI is InChI=1S/C13H11BrCl2FNS/c1-2-18-12(10-6-8(15)13(14)19-10)7-4-3-5-9(17)11(7)16/h3-6,12,18H,2H2,1H3. The minimum Gasteiger partial charge on any atom is -0.306 e. The van der Waals surface area contributed by atoms with Crippen molar-refractivity contribution in [2.24, 2.45) is 0 Å². The number of rotatable bonds is 4. The maximum absolute atomic E-state index is 13.6. The van der Waals surface area contributed by atoms with Crippen LogP contribution in [0, 0.1) is 5.82 Å². The first-order chi connectivity index (χ1) is 9.04. The van der Waals surface area contributed by atoms with Gasteiger partial charge in [0.1, 0.15) is 5.82 Å². The first-order valence-electron chi connectivity index (χ1n) is 5.66. The summed E-state index contributed by atoms with van der Waals surface area (Å²) < 4.78 is 14.4. The monoisotopic (exact) mass is 381 g/mol. The highest BCUT2D eigenvalue weighted by Gasteiger charge is 2.21. The summed E-state index contributed by atoms with van der Waals surface area (Å²) in [6.45, 7) is 2.73. The Hall–Kier alpha value is -0.130. The molecule has 19 heavy (non-hydrogen) atoms. The number of nitrogens with one attached hydrogen (secondary N) is 1. The van der Waals surface area contributed by atoms with Gasteiger partial charge in [-0.2, -0.15) is 0 Å². The fourth-order valence-electron chi connectivity index (χ4n) is 1.82. The summed E-state index contributed by atoms with van der Waals surface area (Å²) in [5.74, 6) is -0.413. The van der Waals surface area contributed by atoms with E-state index < -0.39 is 5.82 Å². The minimum absolute atomic E-state index is 0.147. The van der Waals surface area contributed by atoms with Gasteiger partial charge in [0, 0.05) is 4.88 Å². The predicted octanol–water partition coefficient (Wildman–Crippen LogP) is 5.66. The van der Waals surface area contributed by atoms with E-state index in [2.05, 4.69) is 21.2 Å². The summed E-state index contributed by atoms with van der Waals surface area (Å²) in [4.78, 5) is 0.992. The Morgan fingerprint density at radius 3 is 2.74 bits per heavy atom. The van der Waals surface area contributed by atoms with E-state index in [0.29, 0.717) is 10.6 Å². The Labute approximate surface area is 133 Å². The van der Waals surface area contributed by atoms with Crippen molar-refractivity contribution in [1.29, 1.82) is 0 Å². The molecule has 2 aromatic rings. The van der Waals surface area contributed by atoms with Crippen molar-refractivity contribution in [2.45, 2.75) is 13.0 Å². The van der Waals surface area contributed by atoms with Gasteiger partial charge in [0.05, 0.1) is 19.9 Å². The zero-order valence-electron chi connectivity index (χ0n) is 10.0. The fraction of sp³-hybridized carbons (Fsp3) is 0.231. The molecule has 2 rings (SSSR count). The third-order valence-electron chi connectivity index (χ3n) is 2.65. The van der Waals surface area contributed by atoms with Gasteiger partial charge in [0.25, 0.3) is 0 Å². The van der Waals surface area contributed by atoms with E-state index in [1.165, 1.54) is 17.4 Å². The average Bonchev–Trinajstić information content (AvgIpc) is 2.70. The van der Waals surface area contributed by atoms with Crippen LogP contribution in [0.4, 0.5) is 4.39 Å². The highest BCUT2D eigenvalue weighted by molar-refractivity contribution is 9.11. The lowest BCUT2D eigenvalue weighted by atomic mass is 10.1. The first-order valence-corrected chi connectivity index (χ1v) is 8.03. The predicted molar refractivity (Wildman–Crippen MR) is 84.0 cm³/mol. The molecule has 1 atom stereocenters. The molecular weight excluding hydrogens is 372 g/mol. The third kappa shape index (κ3) is 3.31. The van der Waals surface area contributed by atoms with Crippen LogP contribution >= 0.6 is 50.5 Å². The second-order valence-electron chi connectivity index (χ2n) is 3.90. The van der Waals surface area contributed by atoms with E-state index in [0.717, 1.165) is 15.2 Å². The van der Waals surface area contributed by atoms with E-state index >= 15 is 0 Å². The number of benzene rings is 1. The quantitative estimate of drug-likeness (QED) is 0.719.